The van der Waals surface area contributed by atoms with Crippen LogP contribution < -0.4 is 4.74 Å². The highest BCUT2D eigenvalue weighted by atomic mass is 16.7. The Balaban J connectivity index is 2.07. The second kappa shape index (κ2) is 3.07. The summed E-state index contributed by atoms with van der Waals surface area (Å²) < 4.78 is 10.6. The first kappa shape index (κ1) is 10.2. The van der Waals surface area contributed by atoms with Crippen LogP contribution in [0.4, 0.5) is 0 Å². The summed E-state index contributed by atoms with van der Waals surface area (Å²) in [5, 5.41) is 0. The van der Waals surface area contributed by atoms with Gasteiger partial charge in [0, 0.05) is 0 Å². The molecule has 3 heteroatoms. The first-order valence-electron chi connectivity index (χ1n) is 4.93. The zero-order valence-electron chi connectivity index (χ0n) is 9.11. The Kier molecular flexibility index (Phi) is 2.08. The van der Waals surface area contributed by atoms with Crippen LogP contribution in [0.1, 0.15) is 20.8 Å². The fraction of sp³-hybridized carbons (Fsp3) is 0.417. The average molecular weight is 206 g/mol. The van der Waals surface area contributed by atoms with Crippen molar-refractivity contribution in [2.45, 2.75) is 32.0 Å². The van der Waals surface area contributed by atoms with Crippen LogP contribution >= 0.6 is 0 Å². The zero-order chi connectivity index (χ0) is 11.1. The van der Waals surface area contributed by atoms with Crippen molar-refractivity contribution in [3.63, 3.8) is 0 Å². The molecule has 0 aromatic heterocycles. The predicted molar refractivity (Wildman–Crippen MR) is 55.6 cm³/mol. The highest BCUT2D eigenvalue weighted by molar-refractivity contribution is 5.85. The lowest BCUT2D eigenvalue weighted by molar-refractivity contribution is -0.139. The molecule has 1 aromatic rings. The molecule has 3 nitrogen and oxygen atoms in total. The number of hydrogen-bond acceptors (Lipinski definition) is 3. The van der Waals surface area contributed by atoms with Crippen molar-refractivity contribution in [3.8, 4) is 5.75 Å². The number of para-hydroxylation sites is 1. The third-order valence-corrected chi connectivity index (χ3v) is 2.91. The molecule has 1 aliphatic heterocycles. The Morgan fingerprint density at radius 2 is 1.73 bits per heavy atom. The molecule has 1 unspecified atom stereocenters. The van der Waals surface area contributed by atoms with Crippen LogP contribution in [0.15, 0.2) is 30.3 Å². The molecule has 0 spiro atoms. The second-order valence-corrected chi connectivity index (χ2v) is 4.35. The highest BCUT2D eigenvalue weighted by Gasteiger charge is 2.67. The highest BCUT2D eigenvalue weighted by Crippen LogP contribution is 2.47. The number of hydrogen-bond donors (Lipinski definition) is 0. The van der Waals surface area contributed by atoms with Crippen molar-refractivity contribution in [1.29, 1.82) is 0 Å². The molecular formula is C12H14O3. The molecule has 1 aliphatic rings. The molecule has 0 radical (unpaired) electrons. The fourth-order valence-electron chi connectivity index (χ4n) is 1.47. The van der Waals surface area contributed by atoms with Crippen molar-refractivity contribution in [1.82, 2.24) is 0 Å². The molecule has 1 atom stereocenters. The lowest BCUT2D eigenvalue weighted by atomic mass is 9.99. The Bertz CT molecular complexity index is 383. The number of esters is 1. The standard InChI is InChI=1S/C12H14O3/c1-11(2)12(3,15-11)10(13)14-9-7-5-4-6-8-9/h4-8H,1-3H3. The number of epoxide rings is 1. The van der Waals surface area contributed by atoms with Gasteiger partial charge in [-0.1, -0.05) is 18.2 Å². The minimum Gasteiger partial charge on any atom is -0.424 e. The summed E-state index contributed by atoms with van der Waals surface area (Å²) in [6, 6.07) is 9.01. The van der Waals surface area contributed by atoms with E-state index in [0.29, 0.717) is 5.75 Å². The van der Waals surface area contributed by atoms with Gasteiger partial charge in [-0.25, -0.2) is 4.79 Å². The van der Waals surface area contributed by atoms with E-state index in [-0.39, 0.29) is 5.97 Å². The maximum absolute atomic E-state index is 11.8. The lowest BCUT2D eigenvalue weighted by Crippen LogP contribution is -2.31. The molecule has 15 heavy (non-hydrogen) atoms. The van der Waals surface area contributed by atoms with Crippen molar-refractivity contribution in [2.75, 3.05) is 0 Å². The summed E-state index contributed by atoms with van der Waals surface area (Å²) >= 11 is 0. The first-order valence-corrected chi connectivity index (χ1v) is 4.93. The SMILES string of the molecule is CC1(C)OC1(C)C(=O)Oc1ccccc1. The van der Waals surface area contributed by atoms with Crippen LogP contribution in [-0.4, -0.2) is 17.2 Å². The Morgan fingerprint density at radius 1 is 1.20 bits per heavy atom. The van der Waals surface area contributed by atoms with E-state index in [4.69, 9.17) is 9.47 Å². The third-order valence-electron chi connectivity index (χ3n) is 2.91. The van der Waals surface area contributed by atoms with E-state index < -0.39 is 11.2 Å². The molecule has 1 heterocycles. The molecular weight excluding hydrogens is 192 g/mol. The quantitative estimate of drug-likeness (QED) is 0.423. The van der Waals surface area contributed by atoms with Crippen molar-refractivity contribution >= 4 is 5.97 Å². The first-order chi connectivity index (χ1) is 6.96. The molecule has 0 saturated carbocycles. The second-order valence-electron chi connectivity index (χ2n) is 4.35. The summed E-state index contributed by atoms with van der Waals surface area (Å²) in [7, 11) is 0. The van der Waals surface area contributed by atoms with E-state index in [0.717, 1.165) is 0 Å². The van der Waals surface area contributed by atoms with Gasteiger partial charge < -0.3 is 9.47 Å². The van der Waals surface area contributed by atoms with Gasteiger partial charge in [0.1, 0.15) is 11.4 Å². The van der Waals surface area contributed by atoms with E-state index in [1.165, 1.54) is 0 Å². The van der Waals surface area contributed by atoms with E-state index in [9.17, 15) is 4.79 Å². The molecule has 0 N–H and O–H groups in total. The van der Waals surface area contributed by atoms with Gasteiger partial charge in [0.05, 0.1) is 0 Å². The number of carbonyl (C=O) groups is 1. The fourth-order valence-corrected chi connectivity index (χ4v) is 1.47. The number of benzene rings is 1. The van der Waals surface area contributed by atoms with Crippen LogP contribution in [0.2, 0.25) is 0 Å². The maximum Gasteiger partial charge on any atom is 0.346 e. The van der Waals surface area contributed by atoms with Gasteiger partial charge in [-0.05, 0) is 32.9 Å². The van der Waals surface area contributed by atoms with Crippen LogP contribution in [0.25, 0.3) is 0 Å². The molecule has 80 valence electrons. The van der Waals surface area contributed by atoms with Gasteiger partial charge in [0.15, 0.2) is 5.60 Å². The topological polar surface area (TPSA) is 38.8 Å². The lowest BCUT2D eigenvalue weighted by Gasteiger charge is -2.08. The zero-order valence-corrected chi connectivity index (χ0v) is 9.11. The van der Waals surface area contributed by atoms with E-state index in [2.05, 4.69) is 0 Å². The number of ether oxygens (including phenoxy) is 2. The van der Waals surface area contributed by atoms with E-state index in [1.807, 2.05) is 32.0 Å². The summed E-state index contributed by atoms with van der Waals surface area (Å²) in [4.78, 5) is 11.8. The van der Waals surface area contributed by atoms with Gasteiger partial charge in [-0.2, -0.15) is 0 Å². The third kappa shape index (κ3) is 1.63. The molecule has 1 aromatic carbocycles. The van der Waals surface area contributed by atoms with Crippen molar-refractivity contribution < 1.29 is 14.3 Å². The van der Waals surface area contributed by atoms with Gasteiger partial charge >= 0.3 is 5.97 Å². The van der Waals surface area contributed by atoms with Crippen LogP contribution in [0.3, 0.4) is 0 Å². The van der Waals surface area contributed by atoms with E-state index >= 15 is 0 Å². The smallest absolute Gasteiger partial charge is 0.346 e. The average Bonchev–Trinajstić information content (AvgIpc) is 2.69. The minimum absolute atomic E-state index is 0.335. The van der Waals surface area contributed by atoms with Crippen molar-refractivity contribution in [2.24, 2.45) is 0 Å². The van der Waals surface area contributed by atoms with Gasteiger partial charge in [0.2, 0.25) is 0 Å². The monoisotopic (exact) mass is 206 g/mol. The Hall–Kier alpha value is -1.35. The molecule has 0 bridgehead atoms. The summed E-state index contributed by atoms with van der Waals surface area (Å²) in [5.41, 5.74) is -1.22. The normalized spacial score (nSPS) is 27.1. The van der Waals surface area contributed by atoms with Gasteiger partial charge in [0.25, 0.3) is 0 Å². The van der Waals surface area contributed by atoms with Gasteiger partial charge in [-0.3, -0.25) is 0 Å². The van der Waals surface area contributed by atoms with Gasteiger partial charge in [-0.15, -0.1) is 0 Å². The van der Waals surface area contributed by atoms with Crippen LogP contribution in [-0.2, 0) is 9.53 Å². The summed E-state index contributed by atoms with van der Waals surface area (Å²) in [6.45, 7) is 5.50. The van der Waals surface area contributed by atoms with Crippen LogP contribution in [0, 0.1) is 0 Å². The van der Waals surface area contributed by atoms with Crippen LogP contribution in [0.5, 0.6) is 5.75 Å². The molecule has 2 rings (SSSR count). The largest absolute Gasteiger partial charge is 0.424 e. The molecule has 1 saturated heterocycles. The summed E-state index contributed by atoms with van der Waals surface area (Å²) in [5.74, 6) is 0.216. The minimum atomic E-state index is -0.803. The van der Waals surface area contributed by atoms with Crippen molar-refractivity contribution in [3.05, 3.63) is 30.3 Å². The number of rotatable bonds is 2. The number of carbonyl (C=O) groups excluding carboxylic acids is 1. The molecule has 0 aliphatic carbocycles. The summed E-state index contributed by atoms with van der Waals surface area (Å²) in [6.07, 6.45) is 0. The Labute approximate surface area is 89.0 Å². The van der Waals surface area contributed by atoms with E-state index in [1.54, 1.807) is 19.1 Å². The Morgan fingerprint density at radius 3 is 2.20 bits per heavy atom. The molecule has 0 amide bonds. The maximum atomic E-state index is 11.8. The predicted octanol–water partition coefficient (Wildman–Crippen LogP) is 2.16. The molecule has 1 fully saturated rings.